The molecule has 1 aromatic rings. The second-order valence-corrected chi connectivity index (χ2v) is 5.63. The van der Waals surface area contributed by atoms with E-state index in [1.807, 2.05) is 47.9 Å². The van der Waals surface area contributed by atoms with E-state index in [-0.39, 0.29) is 0 Å². The van der Waals surface area contributed by atoms with Crippen LogP contribution in [0.3, 0.4) is 0 Å². The number of aliphatic carboxylic acids is 1. The normalized spacial score (nSPS) is 12.2. The molecule has 3 nitrogen and oxygen atoms in total. The molecule has 18 heavy (non-hydrogen) atoms. The van der Waals surface area contributed by atoms with Gasteiger partial charge in [0.2, 0.25) is 0 Å². The van der Waals surface area contributed by atoms with Crippen LogP contribution in [0.15, 0.2) is 24.3 Å². The van der Waals surface area contributed by atoms with Crippen molar-refractivity contribution in [1.29, 1.82) is 0 Å². The zero-order chi connectivity index (χ0) is 13.5. The van der Waals surface area contributed by atoms with Crippen LogP contribution in [0.1, 0.15) is 19.4 Å². The van der Waals surface area contributed by atoms with Gasteiger partial charge < -0.3 is 10.0 Å². The summed E-state index contributed by atoms with van der Waals surface area (Å²) in [5, 5.41) is 9.18. The Kier molecular flexibility index (Phi) is 6.05. The van der Waals surface area contributed by atoms with Gasteiger partial charge in [0.25, 0.3) is 0 Å². The van der Waals surface area contributed by atoms with Gasteiger partial charge in [-0.25, -0.2) is 4.79 Å². The van der Waals surface area contributed by atoms with Gasteiger partial charge >= 0.3 is 5.97 Å². The molecular weight excluding hydrogens is 246 g/mol. The number of thioether (sulfide) groups is 1. The molecule has 0 aliphatic carbocycles. The summed E-state index contributed by atoms with van der Waals surface area (Å²) in [6.07, 6.45) is 0. The summed E-state index contributed by atoms with van der Waals surface area (Å²) in [5.74, 6) is 1.22. The Morgan fingerprint density at radius 2 is 2.00 bits per heavy atom. The molecule has 1 aromatic carbocycles. The van der Waals surface area contributed by atoms with Crippen LogP contribution < -0.4 is 4.90 Å². The third kappa shape index (κ3) is 4.26. The van der Waals surface area contributed by atoms with Crippen molar-refractivity contribution in [2.45, 2.75) is 26.8 Å². The number of benzene rings is 1. The molecule has 0 radical (unpaired) electrons. The van der Waals surface area contributed by atoms with Gasteiger partial charge in [-0.1, -0.05) is 24.6 Å². The monoisotopic (exact) mass is 267 g/mol. The number of carboxylic acids is 1. The number of rotatable bonds is 7. The van der Waals surface area contributed by atoms with Gasteiger partial charge in [0, 0.05) is 18.0 Å². The SMILES string of the molecule is CCSCCN(c1ccc(C)cc1)C(C)C(=O)O. The molecule has 0 amide bonds. The Labute approximate surface area is 113 Å². The first-order valence-electron chi connectivity index (χ1n) is 6.20. The first-order valence-corrected chi connectivity index (χ1v) is 7.35. The topological polar surface area (TPSA) is 40.5 Å². The molecule has 1 atom stereocenters. The fourth-order valence-corrected chi connectivity index (χ4v) is 2.34. The van der Waals surface area contributed by atoms with Crippen LogP contribution in [0.4, 0.5) is 5.69 Å². The first kappa shape index (κ1) is 14.9. The van der Waals surface area contributed by atoms with Crippen molar-refractivity contribution in [3.05, 3.63) is 29.8 Å². The van der Waals surface area contributed by atoms with E-state index < -0.39 is 12.0 Å². The molecule has 4 heteroatoms. The van der Waals surface area contributed by atoms with Crippen LogP contribution in [-0.4, -0.2) is 35.2 Å². The van der Waals surface area contributed by atoms with Crippen molar-refractivity contribution in [2.75, 3.05) is 23.0 Å². The minimum absolute atomic E-state index is 0.495. The van der Waals surface area contributed by atoms with Crippen LogP contribution in [0.25, 0.3) is 0 Å². The van der Waals surface area contributed by atoms with E-state index in [1.54, 1.807) is 6.92 Å². The Morgan fingerprint density at radius 3 is 2.50 bits per heavy atom. The van der Waals surface area contributed by atoms with Gasteiger partial charge in [0.1, 0.15) is 6.04 Å². The fraction of sp³-hybridized carbons (Fsp3) is 0.500. The maximum atomic E-state index is 11.2. The standard InChI is InChI=1S/C14H21NO2S/c1-4-18-10-9-15(12(3)14(16)17)13-7-5-11(2)6-8-13/h5-8,12H,4,9-10H2,1-3H3,(H,16,17). The molecule has 0 bridgehead atoms. The number of carboxylic acid groups (broad SMARTS) is 1. The summed E-state index contributed by atoms with van der Waals surface area (Å²) in [5.41, 5.74) is 2.16. The lowest BCUT2D eigenvalue weighted by Crippen LogP contribution is -2.40. The van der Waals surface area contributed by atoms with Gasteiger partial charge in [-0.3, -0.25) is 0 Å². The third-order valence-electron chi connectivity index (χ3n) is 2.87. The van der Waals surface area contributed by atoms with Gasteiger partial charge in [0.15, 0.2) is 0 Å². The number of hydrogen-bond donors (Lipinski definition) is 1. The summed E-state index contributed by atoms with van der Waals surface area (Å²) in [7, 11) is 0. The quantitative estimate of drug-likeness (QED) is 0.771. The van der Waals surface area contributed by atoms with E-state index in [0.29, 0.717) is 0 Å². The molecular formula is C14H21NO2S. The lowest BCUT2D eigenvalue weighted by Gasteiger charge is -2.28. The number of hydrogen-bond acceptors (Lipinski definition) is 3. The number of nitrogens with zero attached hydrogens (tertiary/aromatic N) is 1. The molecule has 1 N–H and O–H groups in total. The van der Waals surface area contributed by atoms with Crippen LogP contribution in [-0.2, 0) is 4.79 Å². The van der Waals surface area contributed by atoms with Crippen molar-refractivity contribution >= 4 is 23.4 Å². The van der Waals surface area contributed by atoms with Gasteiger partial charge in [-0.15, -0.1) is 0 Å². The van der Waals surface area contributed by atoms with Crippen LogP contribution in [0.2, 0.25) is 0 Å². The van der Waals surface area contributed by atoms with E-state index >= 15 is 0 Å². The predicted octanol–water partition coefficient (Wildman–Crippen LogP) is 3.03. The zero-order valence-corrected chi connectivity index (χ0v) is 12.0. The molecule has 0 aliphatic rings. The molecule has 0 saturated carbocycles. The lowest BCUT2D eigenvalue weighted by atomic mass is 10.2. The minimum atomic E-state index is -0.780. The highest BCUT2D eigenvalue weighted by atomic mass is 32.2. The minimum Gasteiger partial charge on any atom is -0.480 e. The Morgan fingerprint density at radius 1 is 1.39 bits per heavy atom. The van der Waals surface area contributed by atoms with E-state index in [2.05, 4.69) is 6.92 Å². The second-order valence-electron chi connectivity index (χ2n) is 4.24. The Bertz CT molecular complexity index is 378. The highest BCUT2D eigenvalue weighted by molar-refractivity contribution is 7.99. The largest absolute Gasteiger partial charge is 0.480 e. The molecule has 100 valence electrons. The van der Waals surface area contributed by atoms with Crippen LogP contribution in [0.5, 0.6) is 0 Å². The summed E-state index contributed by atoms with van der Waals surface area (Å²) >= 11 is 1.83. The average molecular weight is 267 g/mol. The van der Waals surface area contributed by atoms with Crippen LogP contribution in [0, 0.1) is 6.92 Å². The fourth-order valence-electron chi connectivity index (χ4n) is 1.72. The third-order valence-corrected chi connectivity index (χ3v) is 3.75. The lowest BCUT2D eigenvalue weighted by molar-refractivity contribution is -0.138. The van der Waals surface area contributed by atoms with Crippen molar-refractivity contribution < 1.29 is 9.90 Å². The smallest absolute Gasteiger partial charge is 0.326 e. The molecule has 0 aromatic heterocycles. The van der Waals surface area contributed by atoms with Gasteiger partial charge in [-0.05, 0) is 31.7 Å². The highest BCUT2D eigenvalue weighted by Gasteiger charge is 2.20. The molecule has 0 fully saturated rings. The molecule has 1 rings (SSSR count). The van der Waals surface area contributed by atoms with Crippen molar-refractivity contribution in [3.63, 3.8) is 0 Å². The summed E-state index contributed by atoms with van der Waals surface area (Å²) in [4.78, 5) is 13.1. The predicted molar refractivity (Wildman–Crippen MR) is 78.6 cm³/mol. The van der Waals surface area contributed by atoms with Gasteiger partial charge in [0.05, 0.1) is 0 Å². The van der Waals surface area contributed by atoms with Crippen LogP contribution >= 0.6 is 11.8 Å². The van der Waals surface area contributed by atoms with Gasteiger partial charge in [-0.2, -0.15) is 11.8 Å². The van der Waals surface area contributed by atoms with Crippen molar-refractivity contribution in [2.24, 2.45) is 0 Å². The maximum Gasteiger partial charge on any atom is 0.326 e. The Balaban J connectivity index is 2.82. The highest BCUT2D eigenvalue weighted by Crippen LogP contribution is 2.18. The molecule has 1 unspecified atom stereocenters. The van der Waals surface area contributed by atoms with Crippen molar-refractivity contribution in [1.82, 2.24) is 0 Å². The summed E-state index contributed by atoms with van der Waals surface area (Å²) in [6.45, 7) is 6.64. The maximum absolute atomic E-state index is 11.2. The van der Waals surface area contributed by atoms with E-state index in [4.69, 9.17) is 0 Å². The number of aryl methyl sites for hydroxylation is 1. The molecule has 0 spiro atoms. The summed E-state index contributed by atoms with van der Waals surface area (Å²) in [6, 6.07) is 7.52. The molecule has 0 heterocycles. The number of anilines is 1. The van der Waals surface area contributed by atoms with E-state index in [1.165, 1.54) is 5.56 Å². The average Bonchev–Trinajstić information content (AvgIpc) is 2.35. The Hall–Kier alpha value is -1.16. The van der Waals surface area contributed by atoms with Crippen molar-refractivity contribution in [3.8, 4) is 0 Å². The van der Waals surface area contributed by atoms with E-state index in [0.717, 1.165) is 23.7 Å². The summed E-state index contributed by atoms with van der Waals surface area (Å²) < 4.78 is 0. The second kappa shape index (κ2) is 7.31. The zero-order valence-electron chi connectivity index (χ0n) is 11.2. The molecule has 0 saturated heterocycles. The molecule has 0 aliphatic heterocycles. The first-order chi connectivity index (χ1) is 8.56. The number of carbonyl (C=O) groups is 1. The van der Waals surface area contributed by atoms with E-state index in [9.17, 15) is 9.90 Å².